The number of nitrogens with zero attached hydrogens (tertiary/aromatic N) is 5. The molecule has 0 radical (unpaired) electrons. The predicted molar refractivity (Wildman–Crippen MR) is 118 cm³/mol. The molecule has 1 aromatic heterocycles. The molecule has 0 amide bonds. The van der Waals surface area contributed by atoms with Crippen LogP contribution in [0.4, 0.5) is 11.5 Å². The molecule has 156 valence electrons. The van der Waals surface area contributed by atoms with E-state index in [1.807, 2.05) is 19.1 Å². The molecule has 0 N–H and O–H groups in total. The molecule has 2 heterocycles. The van der Waals surface area contributed by atoms with Crippen LogP contribution in [0.5, 0.6) is 0 Å². The molecule has 3 aromatic rings. The molecule has 0 aliphatic carbocycles. The summed E-state index contributed by atoms with van der Waals surface area (Å²) in [6, 6.07) is 21.2. The van der Waals surface area contributed by atoms with E-state index < -0.39 is 0 Å². The molecule has 4 rings (SSSR count). The van der Waals surface area contributed by atoms with Crippen LogP contribution in [0.25, 0.3) is 0 Å². The maximum absolute atomic E-state index is 11.7. The van der Waals surface area contributed by atoms with Gasteiger partial charge in [-0.05, 0) is 17.5 Å². The smallest absolute Gasteiger partial charge is 0.334 e. The van der Waals surface area contributed by atoms with Crippen molar-refractivity contribution in [3.8, 4) is 0 Å². The fourth-order valence-corrected chi connectivity index (χ4v) is 4.41. The van der Waals surface area contributed by atoms with E-state index in [1.165, 1.54) is 11.1 Å². The number of benzene rings is 2. The lowest BCUT2D eigenvalue weighted by Crippen LogP contribution is -2.48. The first kappa shape index (κ1) is 20.1. The van der Waals surface area contributed by atoms with Crippen molar-refractivity contribution in [3.63, 3.8) is 0 Å². The van der Waals surface area contributed by atoms with Crippen LogP contribution < -0.4 is 4.90 Å². The Morgan fingerprint density at radius 2 is 1.50 bits per heavy atom. The van der Waals surface area contributed by atoms with Gasteiger partial charge in [0.1, 0.15) is 5.69 Å². The Bertz CT molecular complexity index is 956. The number of anilines is 1. The molecule has 0 bridgehead atoms. The van der Waals surface area contributed by atoms with Crippen LogP contribution in [0.2, 0.25) is 0 Å². The Hall–Kier alpha value is -3.19. The van der Waals surface area contributed by atoms with Crippen molar-refractivity contribution in [2.45, 2.75) is 19.4 Å². The lowest BCUT2D eigenvalue weighted by Gasteiger charge is -2.40. The molecular formula is C23H27N5O2. The molecule has 2 aromatic carbocycles. The van der Waals surface area contributed by atoms with Crippen LogP contribution in [0.1, 0.15) is 29.8 Å². The second-order valence-electron chi connectivity index (χ2n) is 7.60. The third-order valence-corrected chi connectivity index (χ3v) is 5.79. The van der Waals surface area contributed by atoms with Crippen molar-refractivity contribution in [1.29, 1.82) is 0 Å². The number of aryl methyl sites for hydroxylation is 2. The Kier molecular flexibility index (Phi) is 5.81. The van der Waals surface area contributed by atoms with Gasteiger partial charge in [0.15, 0.2) is 0 Å². The van der Waals surface area contributed by atoms with E-state index in [0.29, 0.717) is 17.9 Å². The topological polar surface area (TPSA) is 67.4 Å². The summed E-state index contributed by atoms with van der Waals surface area (Å²) in [4.78, 5) is 16.0. The summed E-state index contributed by atoms with van der Waals surface area (Å²) in [5, 5.41) is 16.1. The van der Waals surface area contributed by atoms with Crippen molar-refractivity contribution < 1.29 is 4.92 Å². The van der Waals surface area contributed by atoms with Gasteiger partial charge >= 0.3 is 5.69 Å². The van der Waals surface area contributed by atoms with Gasteiger partial charge in [-0.2, -0.15) is 5.10 Å². The van der Waals surface area contributed by atoms with E-state index in [2.05, 4.69) is 63.4 Å². The second-order valence-corrected chi connectivity index (χ2v) is 7.60. The van der Waals surface area contributed by atoms with Crippen LogP contribution in [-0.2, 0) is 13.5 Å². The minimum absolute atomic E-state index is 0.149. The zero-order chi connectivity index (χ0) is 21.1. The molecular weight excluding hydrogens is 378 g/mol. The first-order valence-corrected chi connectivity index (χ1v) is 10.4. The highest BCUT2D eigenvalue weighted by Crippen LogP contribution is 2.34. The fraction of sp³-hybridized carbons (Fsp3) is 0.348. The maximum atomic E-state index is 11.7. The van der Waals surface area contributed by atoms with Crippen LogP contribution in [0.3, 0.4) is 0 Å². The number of hydrogen-bond donors (Lipinski definition) is 0. The van der Waals surface area contributed by atoms with E-state index in [4.69, 9.17) is 0 Å². The molecule has 0 unspecified atom stereocenters. The average Bonchev–Trinajstić information content (AvgIpc) is 3.12. The largest absolute Gasteiger partial charge is 0.349 e. The molecule has 1 aliphatic heterocycles. The molecule has 1 fully saturated rings. The summed E-state index contributed by atoms with van der Waals surface area (Å²) in [5.74, 6) is 0.618. The Balaban J connectivity index is 1.59. The van der Waals surface area contributed by atoms with E-state index in [1.54, 1.807) is 11.7 Å². The Morgan fingerprint density at radius 1 is 0.967 bits per heavy atom. The number of aromatic nitrogens is 2. The highest BCUT2D eigenvalue weighted by atomic mass is 16.6. The van der Waals surface area contributed by atoms with Gasteiger partial charge in [-0.1, -0.05) is 67.6 Å². The first-order valence-electron chi connectivity index (χ1n) is 10.4. The average molecular weight is 406 g/mol. The molecule has 7 nitrogen and oxygen atoms in total. The van der Waals surface area contributed by atoms with Gasteiger partial charge in [-0.15, -0.1) is 0 Å². The third-order valence-electron chi connectivity index (χ3n) is 5.79. The van der Waals surface area contributed by atoms with E-state index in [9.17, 15) is 10.1 Å². The van der Waals surface area contributed by atoms with Crippen LogP contribution >= 0.6 is 0 Å². The molecule has 1 saturated heterocycles. The first-order chi connectivity index (χ1) is 14.6. The molecule has 1 aliphatic rings. The van der Waals surface area contributed by atoms with Crippen LogP contribution in [0, 0.1) is 10.1 Å². The Morgan fingerprint density at radius 3 is 1.97 bits per heavy atom. The van der Waals surface area contributed by atoms with Crippen molar-refractivity contribution in [3.05, 3.63) is 87.6 Å². The minimum Gasteiger partial charge on any atom is -0.349 e. The number of piperazine rings is 1. The normalized spacial score (nSPS) is 15.0. The monoisotopic (exact) mass is 405 g/mol. The van der Waals surface area contributed by atoms with E-state index in [-0.39, 0.29) is 16.7 Å². The zero-order valence-electron chi connectivity index (χ0n) is 17.4. The highest BCUT2D eigenvalue weighted by Gasteiger charge is 2.33. The summed E-state index contributed by atoms with van der Waals surface area (Å²) in [6.07, 6.45) is 0.550. The quantitative estimate of drug-likeness (QED) is 0.461. The summed E-state index contributed by atoms with van der Waals surface area (Å²) in [6.45, 7) is 4.98. The maximum Gasteiger partial charge on any atom is 0.334 e. The van der Waals surface area contributed by atoms with E-state index in [0.717, 1.165) is 26.2 Å². The zero-order valence-corrected chi connectivity index (χ0v) is 17.4. The van der Waals surface area contributed by atoms with Crippen molar-refractivity contribution in [1.82, 2.24) is 14.7 Å². The standard InChI is InChI=1S/C23H27N5O2/c1-3-20-22(28(29)30)23(25(2)24-20)27-16-14-26(15-17-27)21(18-10-6-4-7-11-18)19-12-8-5-9-13-19/h4-13,21H,3,14-17H2,1-2H3. The fourth-order valence-electron chi connectivity index (χ4n) is 4.41. The molecule has 30 heavy (non-hydrogen) atoms. The molecule has 0 spiro atoms. The SMILES string of the molecule is CCc1nn(C)c(N2CCN(C(c3ccccc3)c3ccccc3)CC2)c1[N+](=O)[O-]. The van der Waals surface area contributed by atoms with Gasteiger partial charge in [-0.25, -0.2) is 4.68 Å². The predicted octanol–water partition coefficient (Wildman–Crippen LogP) is 3.80. The molecule has 7 heteroatoms. The van der Waals surface area contributed by atoms with Gasteiger partial charge in [0, 0.05) is 33.2 Å². The second kappa shape index (κ2) is 8.67. The summed E-state index contributed by atoms with van der Waals surface area (Å²) in [5.41, 5.74) is 3.22. The van der Waals surface area contributed by atoms with Gasteiger partial charge in [-0.3, -0.25) is 15.0 Å². The van der Waals surface area contributed by atoms with Crippen LogP contribution in [0.15, 0.2) is 60.7 Å². The van der Waals surface area contributed by atoms with Crippen molar-refractivity contribution >= 4 is 11.5 Å². The summed E-state index contributed by atoms with van der Waals surface area (Å²) < 4.78 is 1.67. The van der Waals surface area contributed by atoms with Gasteiger partial charge in [0.25, 0.3) is 0 Å². The van der Waals surface area contributed by atoms with Gasteiger partial charge in [0.05, 0.1) is 11.0 Å². The van der Waals surface area contributed by atoms with Crippen LogP contribution in [-0.4, -0.2) is 45.8 Å². The Labute approximate surface area is 176 Å². The minimum atomic E-state index is -0.287. The number of nitro groups is 1. The van der Waals surface area contributed by atoms with Crippen molar-refractivity contribution in [2.75, 3.05) is 31.1 Å². The molecule has 0 atom stereocenters. The number of rotatable bonds is 6. The highest BCUT2D eigenvalue weighted by molar-refractivity contribution is 5.62. The molecule has 0 saturated carbocycles. The summed E-state index contributed by atoms with van der Waals surface area (Å²) in [7, 11) is 1.80. The van der Waals surface area contributed by atoms with Gasteiger partial charge in [0.2, 0.25) is 5.82 Å². The van der Waals surface area contributed by atoms with Crippen molar-refractivity contribution in [2.24, 2.45) is 7.05 Å². The summed E-state index contributed by atoms with van der Waals surface area (Å²) >= 11 is 0. The van der Waals surface area contributed by atoms with Gasteiger partial charge < -0.3 is 4.90 Å². The lowest BCUT2D eigenvalue weighted by atomic mass is 9.96. The number of hydrogen-bond acceptors (Lipinski definition) is 5. The van der Waals surface area contributed by atoms with E-state index >= 15 is 0 Å². The lowest BCUT2D eigenvalue weighted by molar-refractivity contribution is -0.384. The third kappa shape index (κ3) is 3.80.